The summed E-state index contributed by atoms with van der Waals surface area (Å²) in [7, 11) is 0. The van der Waals surface area contributed by atoms with Crippen molar-refractivity contribution in [1.29, 1.82) is 0 Å². The molecule has 0 amide bonds. The van der Waals surface area contributed by atoms with Gasteiger partial charge in [-0.25, -0.2) is 0 Å². The van der Waals surface area contributed by atoms with Crippen LogP contribution in [0.4, 0.5) is 0 Å². The van der Waals surface area contributed by atoms with Crippen molar-refractivity contribution in [2.24, 2.45) is 0 Å². The van der Waals surface area contributed by atoms with Crippen molar-refractivity contribution in [3.05, 3.63) is 10.6 Å². The van der Waals surface area contributed by atoms with E-state index in [0.717, 1.165) is 10.6 Å². The van der Waals surface area contributed by atoms with Gasteiger partial charge in [0.2, 0.25) is 0 Å². The standard InChI is InChI=1S/C11H16N2OS/c1-4-5-6-7-9(14)11-10(8(2)3)12-13-15-11/h8-9,14H,6-7H2,1-3H3. The minimum Gasteiger partial charge on any atom is -0.387 e. The summed E-state index contributed by atoms with van der Waals surface area (Å²) in [5.41, 5.74) is 0.914. The van der Waals surface area contributed by atoms with Gasteiger partial charge >= 0.3 is 0 Å². The molecule has 0 aliphatic rings. The van der Waals surface area contributed by atoms with E-state index in [0.29, 0.717) is 18.8 Å². The Bertz CT molecular complexity index is 362. The molecule has 0 radical (unpaired) electrons. The monoisotopic (exact) mass is 224 g/mol. The third-order valence-corrected chi connectivity index (χ3v) is 2.95. The van der Waals surface area contributed by atoms with Crippen molar-refractivity contribution >= 4 is 11.5 Å². The van der Waals surface area contributed by atoms with Crippen LogP contribution in [0.2, 0.25) is 0 Å². The molecule has 1 atom stereocenters. The number of aliphatic hydroxyl groups is 1. The fourth-order valence-corrected chi connectivity index (χ4v) is 2.13. The summed E-state index contributed by atoms with van der Waals surface area (Å²) in [6, 6.07) is 0. The zero-order chi connectivity index (χ0) is 11.3. The average molecular weight is 224 g/mol. The molecule has 0 saturated carbocycles. The predicted molar refractivity (Wildman–Crippen MR) is 61.6 cm³/mol. The molecule has 1 N–H and O–H groups in total. The van der Waals surface area contributed by atoms with Gasteiger partial charge in [0.05, 0.1) is 16.7 Å². The van der Waals surface area contributed by atoms with Crippen LogP contribution in [0.25, 0.3) is 0 Å². The van der Waals surface area contributed by atoms with Crippen molar-refractivity contribution in [2.75, 3.05) is 0 Å². The summed E-state index contributed by atoms with van der Waals surface area (Å²) in [4.78, 5) is 0.892. The van der Waals surface area contributed by atoms with Gasteiger partial charge in [0.1, 0.15) is 0 Å². The molecule has 0 spiro atoms. The van der Waals surface area contributed by atoms with Crippen LogP contribution < -0.4 is 0 Å². The number of aromatic nitrogens is 2. The van der Waals surface area contributed by atoms with E-state index in [1.807, 2.05) is 0 Å². The topological polar surface area (TPSA) is 46.0 Å². The minimum absolute atomic E-state index is 0.311. The Morgan fingerprint density at radius 3 is 2.80 bits per heavy atom. The zero-order valence-electron chi connectivity index (χ0n) is 9.32. The third-order valence-electron chi connectivity index (χ3n) is 2.11. The first-order chi connectivity index (χ1) is 7.16. The van der Waals surface area contributed by atoms with E-state index in [-0.39, 0.29) is 0 Å². The molecule has 0 saturated heterocycles. The number of nitrogens with zero attached hydrogens (tertiary/aromatic N) is 2. The second-order valence-electron chi connectivity index (χ2n) is 3.66. The fraction of sp³-hybridized carbons (Fsp3) is 0.636. The van der Waals surface area contributed by atoms with Gasteiger partial charge in [-0.15, -0.1) is 16.9 Å². The molecular weight excluding hydrogens is 208 g/mol. The van der Waals surface area contributed by atoms with Crippen molar-refractivity contribution < 1.29 is 5.11 Å². The van der Waals surface area contributed by atoms with Gasteiger partial charge in [0.15, 0.2) is 0 Å². The van der Waals surface area contributed by atoms with E-state index >= 15 is 0 Å². The number of aliphatic hydroxyl groups excluding tert-OH is 1. The highest BCUT2D eigenvalue weighted by molar-refractivity contribution is 7.05. The van der Waals surface area contributed by atoms with Crippen LogP contribution in [0.1, 0.15) is 56.2 Å². The Balaban J connectivity index is 2.67. The van der Waals surface area contributed by atoms with Gasteiger partial charge in [0, 0.05) is 6.42 Å². The molecule has 0 aromatic carbocycles. The van der Waals surface area contributed by atoms with E-state index in [1.54, 1.807) is 6.92 Å². The van der Waals surface area contributed by atoms with Crippen LogP contribution >= 0.6 is 11.5 Å². The van der Waals surface area contributed by atoms with Gasteiger partial charge in [-0.3, -0.25) is 0 Å². The minimum atomic E-state index is -0.469. The summed E-state index contributed by atoms with van der Waals surface area (Å²) < 4.78 is 3.89. The fourth-order valence-electron chi connectivity index (χ4n) is 1.30. The van der Waals surface area contributed by atoms with Gasteiger partial charge in [-0.1, -0.05) is 18.3 Å². The van der Waals surface area contributed by atoms with Crippen LogP contribution in [-0.2, 0) is 0 Å². The molecule has 1 unspecified atom stereocenters. The highest BCUT2D eigenvalue weighted by atomic mass is 32.1. The second-order valence-corrected chi connectivity index (χ2v) is 4.44. The maximum Gasteiger partial charge on any atom is 0.0926 e. The lowest BCUT2D eigenvalue weighted by Crippen LogP contribution is -2.00. The summed E-state index contributed by atoms with van der Waals surface area (Å²) in [6.45, 7) is 5.91. The Morgan fingerprint density at radius 1 is 1.47 bits per heavy atom. The SMILES string of the molecule is CC#CCCC(O)c1snnc1C(C)C. The zero-order valence-corrected chi connectivity index (χ0v) is 10.1. The van der Waals surface area contributed by atoms with E-state index in [4.69, 9.17) is 0 Å². The average Bonchev–Trinajstić information content (AvgIpc) is 2.66. The molecule has 1 aromatic heterocycles. The molecule has 3 nitrogen and oxygen atoms in total. The van der Waals surface area contributed by atoms with Crippen molar-refractivity contribution in [1.82, 2.24) is 9.59 Å². The quantitative estimate of drug-likeness (QED) is 0.799. The van der Waals surface area contributed by atoms with E-state index < -0.39 is 6.10 Å². The summed E-state index contributed by atoms with van der Waals surface area (Å²) in [5.74, 6) is 6.07. The largest absolute Gasteiger partial charge is 0.387 e. The Labute approximate surface area is 94.7 Å². The first kappa shape index (κ1) is 12.2. The van der Waals surface area contributed by atoms with Crippen molar-refractivity contribution in [2.45, 2.75) is 45.6 Å². The van der Waals surface area contributed by atoms with Crippen LogP contribution in [0.15, 0.2) is 0 Å². The number of hydrogen-bond acceptors (Lipinski definition) is 4. The second kappa shape index (κ2) is 5.84. The van der Waals surface area contributed by atoms with Crippen LogP contribution in [0.3, 0.4) is 0 Å². The molecule has 82 valence electrons. The number of rotatable bonds is 4. The van der Waals surface area contributed by atoms with Gasteiger partial charge in [-0.2, -0.15) is 0 Å². The maximum absolute atomic E-state index is 9.93. The predicted octanol–water partition coefficient (Wildman–Crippen LogP) is 2.50. The smallest absolute Gasteiger partial charge is 0.0926 e. The van der Waals surface area contributed by atoms with Crippen LogP contribution in [-0.4, -0.2) is 14.7 Å². The maximum atomic E-state index is 9.93. The molecule has 0 aliphatic heterocycles. The van der Waals surface area contributed by atoms with Gasteiger partial charge < -0.3 is 5.11 Å². The molecule has 1 heterocycles. The van der Waals surface area contributed by atoms with Gasteiger partial charge in [0.25, 0.3) is 0 Å². The Morgan fingerprint density at radius 2 is 2.20 bits per heavy atom. The third kappa shape index (κ3) is 3.29. The van der Waals surface area contributed by atoms with Crippen molar-refractivity contribution in [3.63, 3.8) is 0 Å². The lowest BCUT2D eigenvalue weighted by atomic mass is 10.1. The molecule has 4 heteroatoms. The van der Waals surface area contributed by atoms with Crippen LogP contribution in [0, 0.1) is 11.8 Å². The highest BCUT2D eigenvalue weighted by Crippen LogP contribution is 2.28. The Hall–Kier alpha value is -0.920. The van der Waals surface area contributed by atoms with E-state index in [9.17, 15) is 5.11 Å². The first-order valence-electron chi connectivity index (χ1n) is 5.06. The summed E-state index contributed by atoms with van der Waals surface area (Å²) in [5, 5.41) is 14.0. The lowest BCUT2D eigenvalue weighted by Gasteiger charge is -2.09. The summed E-state index contributed by atoms with van der Waals surface area (Å²) >= 11 is 1.28. The normalized spacial score (nSPS) is 12.3. The Kier molecular flexibility index (Phi) is 4.73. The van der Waals surface area contributed by atoms with Crippen molar-refractivity contribution in [3.8, 4) is 11.8 Å². The highest BCUT2D eigenvalue weighted by Gasteiger charge is 2.18. The first-order valence-corrected chi connectivity index (χ1v) is 5.84. The number of hydrogen-bond donors (Lipinski definition) is 1. The molecular formula is C11H16N2OS. The molecule has 0 aliphatic carbocycles. The molecule has 1 rings (SSSR count). The van der Waals surface area contributed by atoms with Crippen LogP contribution in [0.5, 0.6) is 0 Å². The summed E-state index contributed by atoms with van der Waals surface area (Å²) in [6.07, 6.45) is 0.903. The molecule has 1 aromatic rings. The molecule has 0 fully saturated rings. The molecule has 0 bridgehead atoms. The van der Waals surface area contributed by atoms with Gasteiger partial charge in [-0.05, 0) is 30.8 Å². The van der Waals surface area contributed by atoms with E-state index in [2.05, 4.69) is 35.3 Å². The molecule has 15 heavy (non-hydrogen) atoms. The lowest BCUT2D eigenvalue weighted by molar-refractivity contribution is 0.171. The van der Waals surface area contributed by atoms with E-state index in [1.165, 1.54) is 11.5 Å².